The van der Waals surface area contributed by atoms with Gasteiger partial charge >= 0.3 is 5.96 Å². The molecule has 0 fully saturated rings. The first kappa shape index (κ1) is 18.8. The van der Waals surface area contributed by atoms with E-state index in [2.05, 4.69) is 22.7 Å². The number of hydroxylamine groups is 1. The summed E-state index contributed by atoms with van der Waals surface area (Å²) in [5.74, 6) is 1.46. The van der Waals surface area contributed by atoms with Crippen molar-refractivity contribution in [1.82, 2.24) is 5.48 Å². The minimum absolute atomic E-state index is 0.678. The first-order valence-electron chi connectivity index (χ1n) is 7.42. The summed E-state index contributed by atoms with van der Waals surface area (Å²) < 4.78 is 0. The van der Waals surface area contributed by atoms with Gasteiger partial charge in [-0.05, 0) is 37.6 Å². The van der Waals surface area contributed by atoms with E-state index in [4.69, 9.17) is 4.84 Å². The molecule has 0 saturated heterocycles. The smallest absolute Gasteiger partial charge is 0.326 e. The lowest BCUT2D eigenvalue weighted by atomic mass is 10.3. The number of guanidine groups is 1. The van der Waals surface area contributed by atoms with Gasteiger partial charge in [0.2, 0.25) is 0 Å². The van der Waals surface area contributed by atoms with Crippen LogP contribution in [0.5, 0.6) is 0 Å². The van der Waals surface area contributed by atoms with Gasteiger partial charge < -0.3 is 4.84 Å². The maximum Gasteiger partial charge on any atom is 0.385 e. The number of hydrogen-bond donors (Lipinski definition) is 3. The van der Waals surface area contributed by atoms with Crippen molar-refractivity contribution < 1.29 is 9.83 Å². The standard InChI is InChI=1S/C15H21N3O.C2H6/c1-4-9-14(10-5-2)19-18-15(16-3)17-13-11-7-6-8-12-13;1-2/h4,6-12H,5H2,1-3H3,(H2,16,17,18);1-2H3/p+1/b9-4-,14-10+;. The van der Waals surface area contributed by atoms with Crippen molar-refractivity contribution >= 4 is 11.6 Å². The number of nitrogens with one attached hydrogen (secondary N) is 3. The van der Waals surface area contributed by atoms with Gasteiger partial charge in [-0.25, -0.2) is 5.32 Å². The highest BCUT2D eigenvalue weighted by molar-refractivity contribution is 5.88. The zero-order chi connectivity index (χ0) is 15.9. The lowest BCUT2D eigenvalue weighted by molar-refractivity contribution is -0.424. The Hall–Kier alpha value is -2.23. The van der Waals surface area contributed by atoms with Crippen LogP contribution >= 0.6 is 0 Å². The zero-order valence-electron chi connectivity index (χ0n) is 13.7. The van der Waals surface area contributed by atoms with Crippen LogP contribution in [0, 0.1) is 0 Å². The molecule has 0 aliphatic heterocycles. The molecule has 0 amide bonds. The molecule has 0 aliphatic carbocycles. The monoisotopic (exact) mass is 290 g/mol. The lowest BCUT2D eigenvalue weighted by Gasteiger charge is -2.06. The van der Waals surface area contributed by atoms with Crippen molar-refractivity contribution in [3.8, 4) is 0 Å². The Morgan fingerprint density at radius 3 is 2.43 bits per heavy atom. The molecule has 1 aromatic rings. The van der Waals surface area contributed by atoms with Crippen LogP contribution in [-0.2, 0) is 4.84 Å². The van der Waals surface area contributed by atoms with E-state index in [-0.39, 0.29) is 0 Å². The molecule has 1 rings (SSSR count). The summed E-state index contributed by atoms with van der Waals surface area (Å²) in [5, 5.41) is 3.19. The van der Waals surface area contributed by atoms with Crippen LogP contribution in [0.2, 0.25) is 0 Å². The molecule has 0 bridgehead atoms. The van der Waals surface area contributed by atoms with Crippen molar-refractivity contribution in [3.63, 3.8) is 0 Å². The van der Waals surface area contributed by atoms with E-state index in [1.165, 1.54) is 0 Å². The predicted octanol–water partition coefficient (Wildman–Crippen LogP) is 2.58. The van der Waals surface area contributed by atoms with Crippen molar-refractivity contribution in [2.45, 2.75) is 34.1 Å². The Morgan fingerprint density at radius 2 is 1.90 bits per heavy atom. The first-order chi connectivity index (χ1) is 10.3. The molecular weight excluding hydrogens is 262 g/mol. The third-order valence-electron chi connectivity index (χ3n) is 2.30. The molecule has 4 heteroatoms. The number of hydrogen-bond acceptors (Lipinski definition) is 1. The average Bonchev–Trinajstić information content (AvgIpc) is 2.54. The Balaban J connectivity index is 0.00000191. The fourth-order valence-corrected chi connectivity index (χ4v) is 1.42. The molecule has 4 nitrogen and oxygen atoms in total. The fraction of sp³-hybridized carbons (Fsp3) is 0.353. The van der Waals surface area contributed by atoms with Crippen molar-refractivity contribution in [3.05, 3.63) is 54.3 Å². The molecule has 0 spiro atoms. The Labute approximate surface area is 128 Å². The minimum Gasteiger partial charge on any atom is -0.326 e. The van der Waals surface area contributed by atoms with E-state index >= 15 is 0 Å². The average molecular weight is 290 g/mol. The lowest BCUT2D eigenvalue weighted by Crippen LogP contribution is -2.73. The molecule has 0 heterocycles. The van der Waals surface area contributed by atoms with Gasteiger partial charge in [0.1, 0.15) is 0 Å². The van der Waals surface area contributed by atoms with Crippen molar-refractivity contribution in [1.29, 1.82) is 0 Å². The molecule has 0 aromatic heterocycles. The van der Waals surface area contributed by atoms with Gasteiger partial charge in [0.05, 0.1) is 12.7 Å². The number of anilines is 1. The molecule has 0 aliphatic rings. The first-order valence-corrected chi connectivity index (χ1v) is 7.42. The van der Waals surface area contributed by atoms with Crippen LogP contribution in [-0.4, -0.2) is 13.0 Å². The van der Waals surface area contributed by atoms with Gasteiger partial charge in [-0.2, -0.15) is 0 Å². The van der Waals surface area contributed by atoms with Gasteiger partial charge in [-0.15, -0.1) is 0 Å². The SMILES string of the molecule is C/C=C\C(=C/CC)ONC(Nc1ccccc1)=[NH+]C.CC. The third-order valence-corrected chi connectivity index (χ3v) is 2.30. The molecule has 21 heavy (non-hydrogen) atoms. The molecule has 116 valence electrons. The zero-order valence-corrected chi connectivity index (χ0v) is 13.7. The van der Waals surface area contributed by atoms with E-state index < -0.39 is 0 Å². The van der Waals surface area contributed by atoms with Crippen LogP contribution in [0.1, 0.15) is 34.1 Å². The number of rotatable bonds is 5. The molecule has 0 unspecified atom stereocenters. The Kier molecular flexibility index (Phi) is 11.4. The summed E-state index contributed by atoms with van der Waals surface area (Å²) in [6, 6.07) is 9.88. The largest absolute Gasteiger partial charge is 0.385 e. The maximum absolute atomic E-state index is 5.51. The van der Waals surface area contributed by atoms with Crippen LogP contribution < -0.4 is 15.8 Å². The van der Waals surface area contributed by atoms with E-state index in [1.807, 2.05) is 76.4 Å². The minimum atomic E-state index is 0.678. The summed E-state index contributed by atoms with van der Waals surface area (Å²) in [7, 11) is 1.82. The normalized spacial score (nSPS) is 11.7. The van der Waals surface area contributed by atoms with Crippen molar-refractivity contribution in [2.75, 3.05) is 12.4 Å². The van der Waals surface area contributed by atoms with Crippen LogP contribution in [0.4, 0.5) is 5.69 Å². The number of allylic oxidation sites excluding steroid dienone is 3. The van der Waals surface area contributed by atoms with Gasteiger partial charge in [0.25, 0.3) is 0 Å². The second kappa shape index (κ2) is 12.8. The van der Waals surface area contributed by atoms with E-state index in [0.29, 0.717) is 5.96 Å². The maximum atomic E-state index is 5.51. The van der Waals surface area contributed by atoms with Crippen LogP contribution in [0.25, 0.3) is 0 Å². The van der Waals surface area contributed by atoms with Gasteiger partial charge in [-0.1, -0.05) is 50.5 Å². The summed E-state index contributed by atoms with van der Waals surface area (Å²) in [6.07, 6.45) is 6.77. The van der Waals surface area contributed by atoms with E-state index in [0.717, 1.165) is 17.9 Å². The Morgan fingerprint density at radius 1 is 1.24 bits per heavy atom. The molecule has 1 aromatic carbocycles. The second-order valence-corrected chi connectivity index (χ2v) is 3.83. The quantitative estimate of drug-likeness (QED) is 0.257. The van der Waals surface area contributed by atoms with E-state index in [9.17, 15) is 0 Å². The van der Waals surface area contributed by atoms with Gasteiger partial charge in [0.15, 0.2) is 5.76 Å². The van der Waals surface area contributed by atoms with Crippen LogP contribution in [0.15, 0.2) is 54.3 Å². The highest BCUT2D eigenvalue weighted by Crippen LogP contribution is 2.04. The summed E-state index contributed by atoms with van der Waals surface area (Å²) in [4.78, 5) is 8.52. The molecular formula is C17H28N3O+. The molecule has 0 saturated carbocycles. The van der Waals surface area contributed by atoms with E-state index in [1.54, 1.807) is 0 Å². The molecule has 3 N–H and O–H groups in total. The Bertz CT molecular complexity index is 450. The highest BCUT2D eigenvalue weighted by atomic mass is 16.7. The number of para-hydroxylation sites is 1. The summed E-state index contributed by atoms with van der Waals surface area (Å²) in [5.41, 5.74) is 3.84. The summed E-state index contributed by atoms with van der Waals surface area (Å²) in [6.45, 7) is 8.02. The van der Waals surface area contributed by atoms with Crippen LogP contribution in [0.3, 0.4) is 0 Å². The highest BCUT2D eigenvalue weighted by Gasteiger charge is 2.07. The topological polar surface area (TPSA) is 47.3 Å². The molecule has 0 atom stereocenters. The second-order valence-electron chi connectivity index (χ2n) is 3.83. The van der Waals surface area contributed by atoms with Gasteiger partial charge in [-0.3, -0.25) is 4.99 Å². The number of benzene rings is 1. The third kappa shape index (κ3) is 8.52. The fourth-order valence-electron chi connectivity index (χ4n) is 1.42. The van der Waals surface area contributed by atoms with Gasteiger partial charge in [0, 0.05) is 0 Å². The summed E-state index contributed by atoms with van der Waals surface area (Å²) >= 11 is 0. The molecule has 0 radical (unpaired) electrons. The predicted molar refractivity (Wildman–Crippen MR) is 90.7 cm³/mol. The van der Waals surface area contributed by atoms with Crippen molar-refractivity contribution in [2.24, 2.45) is 0 Å².